The number of nitrogens with zero attached hydrogens (tertiary/aromatic N) is 1. The van der Waals surface area contributed by atoms with Crippen LogP contribution in [-0.2, 0) is 16.0 Å². The molecule has 0 N–H and O–H groups in total. The molecule has 1 aliphatic heterocycles. The van der Waals surface area contributed by atoms with Crippen molar-refractivity contribution < 1.29 is 19.1 Å². The highest BCUT2D eigenvalue weighted by Gasteiger charge is 2.32. The van der Waals surface area contributed by atoms with Gasteiger partial charge in [0.2, 0.25) is 5.91 Å². The number of hydrogen-bond donors (Lipinski definition) is 0. The van der Waals surface area contributed by atoms with Crippen molar-refractivity contribution in [3.05, 3.63) is 22.2 Å². The SMILES string of the molecule is COc1cc2c(cc1Br)CCCC(=O)N2C(=O)OC(C)(C)C. The summed E-state index contributed by atoms with van der Waals surface area (Å²) >= 11 is 3.44. The number of carbonyl (C=O) groups is 2. The van der Waals surface area contributed by atoms with Gasteiger partial charge in [-0.15, -0.1) is 0 Å². The van der Waals surface area contributed by atoms with Gasteiger partial charge in [-0.2, -0.15) is 0 Å². The molecular formula is C16H20BrNO4. The number of ether oxygens (including phenoxy) is 2. The Morgan fingerprint density at radius 3 is 2.55 bits per heavy atom. The lowest BCUT2D eigenvalue weighted by Crippen LogP contribution is -2.40. The number of fused-ring (bicyclic) bond motifs is 1. The first-order valence-corrected chi connectivity index (χ1v) is 7.94. The predicted octanol–water partition coefficient (Wildman–Crippen LogP) is 4.06. The Morgan fingerprint density at radius 2 is 1.95 bits per heavy atom. The highest BCUT2D eigenvalue weighted by atomic mass is 79.9. The Morgan fingerprint density at radius 1 is 1.27 bits per heavy atom. The molecule has 2 amide bonds. The molecule has 6 heteroatoms. The smallest absolute Gasteiger partial charge is 0.421 e. The third-order valence-electron chi connectivity index (χ3n) is 3.26. The minimum atomic E-state index is -0.663. The molecule has 120 valence electrons. The molecule has 0 saturated heterocycles. The Balaban J connectivity index is 2.49. The highest BCUT2D eigenvalue weighted by molar-refractivity contribution is 9.10. The Hall–Kier alpha value is -1.56. The largest absolute Gasteiger partial charge is 0.495 e. The van der Waals surface area contributed by atoms with Gasteiger partial charge in [0, 0.05) is 12.5 Å². The summed E-state index contributed by atoms with van der Waals surface area (Å²) in [6.07, 6.45) is 1.09. The molecule has 0 aliphatic carbocycles. The molecule has 5 nitrogen and oxygen atoms in total. The maximum Gasteiger partial charge on any atom is 0.421 e. The van der Waals surface area contributed by atoms with Crippen molar-refractivity contribution in [2.75, 3.05) is 12.0 Å². The van der Waals surface area contributed by atoms with Crippen LogP contribution in [0.2, 0.25) is 0 Å². The van der Waals surface area contributed by atoms with Crippen molar-refractivity contribution in [3.63, 3.8) is 0 Å². The topological polar surface area (TPSA) is 55.8 Å². The number of anilines is 1. The van der Waals surface area contributed by atoms with Crippen LogP contribution in [0.15, 0.2) is 16.6 Å². The molecule has 0 fully saturated rings. The van der Waals surface area contributed by atoms with E-state index in [2.05, 4.69) is 15.9 Å². The molecule has 2 rings (SSSR count). The van der Waals surface area contributed by atoms with Gasteiger partial charge in [-0.3, -0.25) is 4.79 Å². The molecule has 0 bridgehead atoms. The minimum Gasteiger partial charge on any atom is -0.495 e. The lowest BCUT2D eigenvalue weighted by atomic mass is 10.1. The van der Waals surface area contributed by atoms with Crippen LogP contribution < -0.4 is 9.64 Å². The van der Waals surface area contributed by atoms with Crippen LogP contribution in [0, 0.1) is 0 Å². The average Bonchev–Trinajstić information content (AvgIpc) is 2.53. The summed E-state index contributed by atoms with van der Waals surface area (Å²) in [5, 5.41) is 0. The van der Waals surface area contributed by atoms with E-state index in [0.717, 1.165) is 21.4 Å². The number of benzene rings is 1. The first-order valence-electron chi connectivity index (χ1n) is 7.15. The quantitative estimate of drug-likeness (QED) is 0.748. The van der Waals surface area contributed by atoms with Crippen molar-refractivity contribution in [1.82, 2.24) is 0 Å². The Bertz CT molecular complexity index is 607. The predicted molar refractivity (Wildman–Crippen MR) is 87.4 cm³/mol. The fraction of sp³-hybridized carbons (Fsp3) is 0.500. The fourth-order valence-electron chi connectivity index (χ4n) is 2.33. The van der Waals surface area contributed by atoms with E-state index in [0.29, 0.717) is 24.3 Å². The van der Waals surface area contributed by atoms with E-state index >= 15 is 0 Å². The van der Waals surface area contributed by atoms with E-state index < -0.39 is 11.7 Å². The number of carbonyl (C=O) groups excluding carboxylic acids is 2. The van der Waals surface area contributed by atoms with Crippen LogP contribution in [0.5, 0.6) is 5.75 Å². The van der Waals surface area contributed by atoms with Crippen molar-refractivity contribution >= 4 is 33.6 Å². The van der Waals surface area contributed by atoms with Crippen molar-refractivity contribution in [2.45, 2.75) is 45.6 Å². The maximum atomic E-state index is 12.5. The zero-order valence-electron chi connectivity index (χ0n) is 13.2. The van der Waals surface area contributed by atoms with Gasteiger partial charge < -0.3 is 9.47 Å². The second-order valence-electron chi connectivity index (χ2n) is 6.18. The summed E-state index contributed by atoms with van der Waals surface area (Å²) < 4.78 is 11.5. The summed E-state index contributed by atoms with van der Waals surface area (Å²) in [5.74, 6) is 0.319. The molecule has 0 saturated carbocycles. The average molecular weight is 370 g/mol. The third kappa shape index (κ3) is 3.61. The van der Waals surface area contributed by atoms with Crippen LogP contribution in [-0.4, -0.2) is 24.7 Å². The zero-order chi connectivity index (χ0) is 16.5. The van der Waals surface area contributed by atoms with Gasteiger partial charge >= 0.3 is 6.09 Å². The number of aryl methyl sites for hydroxylation is 1. The first-order chi connectivity index (χ1) is 10.2. The number of hydrogen-bond acceptors (Lipinski definition) is 4. The Labute approximate surface area is 138 Å². The molecule has 1 aromatic rings. The summed E-state index contributed by atoms with van der Waals surface area (Å²) in [4.78, 5) is 25.9. The van der Waals surface area contributed by atoms with Crippen molar-refractivity contribution in [2.24, 2.45) is 0 Å². The standard InChI is InChI=1S/C16H20BrNO4/c1-16(2,3)22-15(20)18-12-9-13(21-4)11(17)8-10(12)6-5-7-14(18)19/h8-9H,5-7H2,1-4H3. The minimum absolute atomic E-state index is 0.252. The van der Waals surface area contributed by atoms with Gasteiger partial charge in [0.1, 0.15) is 11.4 Å². The van der Waals surface area contributed by atoms with Gasteiger partial charge in [-0.25, -0.2) is 9.69 Å². The monoisotopic (exact) mass is 369 g/mol. The lowest BCUT2D eigenvalue weighted by molar-refractivity contribution is -0.118. The molecule has 0 radical (unpaired) electrons. The van der Waals surface area contributed by atoms with E-state index in [1.165, 1.54) is 0 Å². The molecule has 22 heavy (non-hydrogen) atoms. The number of methoxy groups -OCH3 is 1. The number of halogens is 1. The molecule has 0 unspecified atom stereocenters. The fourth-order valence-corrected chi connectivity index (χ4v) is 2.89. The summed E-state index contributed by atoms with van der Waals surface area (Å²) in [5.41, 5.74) is 0.796. The second kappa shape index (κ2) is 6.28. The zero-order valence-corrected chi connectivity index (χ0v) is 14.8. The number of rotatable bonds is 1. The maximum absolute atomic E-state index is 12.5. The van der Waals surface area contributed by atoms with Gasteiger partial charge in [-0.05, 0) is 61.2 Å². The van der Waals surface area contributed by atoms with E-state index in [1.54, 1.807) is 33.9 Å². The van der Waals surface area contributed by atoms with Crippen LogP contribution in [0.25, 0.3) is 0 Å². The number of imide groups is 1. The van der Waals surface area contributed by atoms with E-state index in [-0.39, 0.29) is 5.91 Å². The van der Waals surface area contributed by atoms with Gasteiger partial charge in [0.15, 0.2) is 0 Å². The van der Waals surface area contributed by atoms with Gasteiger partial charge in [-0.1, -0.05) is 0 Å². The molecule has 0 atom stereocenters. The summed E-state index contributed by atoms with van der Waals surface area (Å²) in [6, 6.07) is 3.59. The van der Waals surface area contributed by atoms with Crippen LogP contribution >= 0.6 is 15.9 Å². The molecule has 1 heterocycles. The molecular weight excluding hydrogens is 350 g/mol. The van der Waals surface area contributed by atoms with Crippen molar-refractivity contribution in [3.8, 4) is 5.75 Å². The van der Waals surface area contributed by atoms with E-state index in [9.17, 15) is 9.59 Å². The normalized spacial score (nSPS) is 15.1. The van der Waals surface area contributed by atoms with Crippen LogP contribution in [0.3, 0.4) is 0 Å². The molecule has 1 aliphatic rings. The van der Waals surface area contributed by atoms with Crippen LogP contribution in [0.4, 0.5) is 10.5 Å². The lowest BCUT2D eigenvalue weighted by Gasteiger charge is -2.26. The van der Waals surface area contributed by atoms with Crippen LogP contribution in [0.1, 0.15) is 39.2 Å². The molecule has 1 aromatic carbocycles. The highest BCUT2D eigenvalue weighted by Crippen LogP contribution is 2.36. The number of amides is 2. The summed E-state index contributed by atoms with van der Waals surface area (Å²) in [6.45, 7) is 5.32. The second-order valence-corrected chi connectivity index (χ2v) is 7.03. The van der Waals surface area contributed by atoms with Gasteiger partial charge in [0.05, 0.1) is 17.3 Å². The van der Waals surface area contributed by atoms with E-state index in [1.807, 2.05) is 6.07 Å². The van der Waals surface area contributed by atoms with Gasteiger partial charge in [0.25, 0.3) is 0 Å². The Kier molecular flexibility index (Phi) is 4.80. The first kappa shape index (κ1) is 16.8. The molecule has 0 spiro atoms. The van der Waals surface area contributed by atoms with E-state index in [4.69, 9.17) is 9.47 Å². The molecule has 0 aromatic heterocycles. The third-order valence-corrected chi connectivity index (χ3v) is 3.88. The summed E-state index contributed by atoms with van der Waals surface area (Å²) in [7, 11) is 1.54. The van der Waals surface area contributed by atoms with Crippen molar-refractivity contribution in [1.29, 1.82) is 0 Å².